The Morgan fingerprint density at radius 1 is 1.22 bits per heavy atom. The smallest absolute Gasteiger partial charge is 0.312 e. The van der Waals surface area contributed by atoms with Gasteiger partial charge in [-0.1, -0.05) is 30.3 Å². The molecule has 1 heterocycles. The largest absolute Gasteiger partial charge is 0.352 e. The Morgan fingerprint density at radius 2 is 1.94 bits per heavy atom. The Labute approximate surface area is 106 Å². The molecular formula is C14H15N3O. The normalized spacial score (nSPS) is 11.8. The number of rotatable bonds is 3. The molecule has 18 heavy (non-hydrogen) atoms. The van der Waals surface area contributed by atoms with E-state index in [1.165, 1.54) is 0 Å². The zero-order valence-corrected chi connectivity index (χ0v) is 10.1. The summed E-state index contributed by atoms with van der Waals surface area (Å²) in [6.07, 6.45) is 3.57. The third-order valence-corrected chi connectivity index (χ3v) is 2.76. The number of aromatic nitrogens is 1. The molecule has 0 fully saturated rings. The number of urea groups is 1. The van der Waals surface area contributed by atoms with Gasteiger partial charge in [0.25, 0.3) is 0 Å². The molecule has 1 aromatic carbocycles. The highest BCUT2D eigenvalue weighted by Crippen LogP contribution is 2.20. The van der Waals surface area contributed by atoms with E-state index in [2.05, 4.69) is 10.3 Å². The van der Waals surface area contributed by atoms with Crippen LogP contribution >= 0.6 is 0 Å². The molecule has 0 bridgehead atoms. The highest BCUT2D eigenvalue weighted by atomic mass is 16.2. The summed E-state index contributed by atoms with van der Waals surface area (Å²) in [4.78, 5) is 14.9. The van der Waals surface area contributed by atoms with Crippen molar-refractivity contribution in [3.63, 3.8) is 0 Å². The summed E-state index contributed by atoms with van der Waals surface area (Å²) >= 11 is 0. The fourth-order valence-corrected chi connectivity index (χ4v) is 1.79. The molecule has 0 saturated heterocycles. The van der Waals surface area contributed by atoms with Crippen molar-refractivity contribution < 1.29 is 4.79 Å². The lowest BCUT2D eigenvalue weighted by atomic mass is 10.0. The van der Waals surface area contributed by atoms with E-state index in [4.69, 9.17) is 5.73 Å². The van der Waals surface area contributed by atoms with Gasteiger partial charge in [0, 0.05) is 12.4 Å². The van der Waals surface area contributed by atoms with Gasteiger partial charge in [0.15, 0.2) is 0 Å². The first-order chi connectivity index (χ1) is 8.66. The van der Waals surface area contributed by atoms with Crippen LogP contribution in [-0.4, -0.2) is 11.0 Å². The van der Waals surface area contributed by atoms with Crippen molar-refractivity contribution >= 4 is 6.03 Å². The second kappa shape index (κ2) is 5.31. The van der Waals surface area contributed by atoms with Crippen molar-refractivity contribution in [1.82, 2.24) is 10.3 Å². The molecule has 2 aromatic rings. The minimum Gasteiger partial charge on any atom is -0.352 e. The summed E-state index contributed by atoms with van der Waals surface area (Å²) in [5.41, 5.74) is 8.27. The number of amides is 2. The maximum atomic E-state index is 10.8. The van der Waals surface area contributed by atoms with Crippen molar-refractivity contribution in [1.29, 1.82) is 0 Å². The van der Waals surface area contributed by atoms with Gasteiger partial charge >= 0.3 is 6.03 Å². The highest BCUT2D eigenvalue weighted by Gasteiger charge is 2.06. The van der Waals surface area contributed by atoms with Crippen LogP contribution in [0.3, 0.4) is 0 Å². The minimum absolute atomic E-state index is 0.0922. The zero-order chi connectivity index (χ0) is 13.0. The molecule has 0 saturated carbocycles. The monoisotopic (exact) mass is 241 g/mol. The molecule has 0 aliphatic carbocycles. The van der Waals surface area contributed by atoms with Gasteiger partial charge in [0.1, 0.15) is 0 Å². The molecule has 1 unspecified atom stereocenters. The second-order valence-corrected chi connectivity index (χ2v) is 4.09. The molecule has 2 rings (SSSR count). The predicted octanol–water partition coefficient (Wildman–Crippen LogP) is 2.48. The summed E-state index contributed by atoms with van der Waals surface area (Å²) in [5, 5.41) is 2.64. The number of carbonyl (C=O) groups is 1. The van der Waals surface area contributed by atoms with Crippen LogP contribution in [0.2, 0.25) is 0 Å². The Bertz CT molecular complexity index is 522. The Morgan fingerprint density at radius 3 is 2.50 bits per heavy atom. The van der Waals surface area contributed by atoms with Gasteiger partial charge < -0.3 is 11.1 Å². The average molecular weight is 241 g/mol. The van der Waals surface area contributed by atoms with E-state index in [0.717, 1.165) is 16.7 Å². The van der Waals surface area contributed by atoms with E-state index < -0.39 is 6.03 Å². The third-order valence-electron chi connectivity index (χ3n) is 2.76. The molecule has 1 atom stereocenters. The lowest BCUT2D eigenvalue weighted by molar-refractivity contribution is 0.246. The van der Waals surface area contributed by atoms with Crippen LogP contribution in [0.1, 0.15) is 18.5 Å². The molecule has 1 aromatic heterocycles. The van der Waals surface area contributed by atoms with E-state index in [1.54, 1.807) is 6.20 Å². The number of primary amides is 1. The Balaban J connectivity index is 2.18. The van der Waals surface area contributed by atoms with Gasteiger partial charge in [-0.3, -0.25) is 4.98 Å². The van der Waals surface area contributed by atoms with Gasteiger partial charge in [-0.25, -0.2) is 4.79 Å². The molecular weight excluding hydrogens is 226 g/mol. The number of carbonyl (C=O) groups excluding carboxylic acids is 1. The van der Waals surface area contributed by atoms with E-state index in [1.807, 2.05) is 49.5 Å². The van der Waals surface area contributed by atoms with Crippen LogP contribution < -0.4 is 11.1 Å². The van der Waals surface area contributed by atoms with Crippen molar-refractivity contribution in [2.75, 3.05) is 0 Å². The number of nitrogens with two attached hydrogens (primary N) is 1. The quantitative estimate of drug-likeness (QED) is 0.866. The van der Waals surface area contributed by atoms with Crippen LogP contribution in [0, 0.1) is 0 Å². The molecule has 92 valence electrons. The summed E-state index contributed by atoms with van der Waals surface area (Å²) in [7, 11) is 0. The van der Waals surface area contributed by atoms with E-state index in [0.29, 0.717) is 0 Å². The lowest BCUT2D eigenvalue weighted by Crippen LogP contribution is -2.31. The first-order valence-corrected chi connectivity index (χ1v) is 5.73. The molecule has 4 heteroatoms. The number of hydrogen-bond donors (Lipinski definition) is 2. The molecule has 0 spiro atoms. The van der Waals surface area contributed by atoms with Gasteiger partial charge in [0.2, 0.25) is 0 Å². The van der Waals surface area contributed by atoms with Crippen molar-refractivity contribution in [2.24, 2.45) is 5.73 Å². The number of hydrogen-bond acceptors (Lipinski definition) is 2. The van der Waals surface area contributed by atoms with Crippen LogP contribution in [0.25, 0.3) is 11.1 Å². The summed E-state index contributed by atoms with van der Waals surface area (Å²) in [6, 6.07) is 11.3. The van der Waals surface area contributed by atoms with E-state index in [9.17, 15) is 4.79 Å². The van der Waals surface area contributed by atoms with Gasteiger partial charge in [0.05, 0.1) is 6.04 Å². The van der Waals surface area contributed by atoms with Crippen molar-refractivity contribution in [3.05, 3.63) is 54.4 Å². The highest BCUT2D eigenvalue weighted by molar-refractivity contribution is 5.72. The van der Waals surface area contributed by atoms with Crippen molar-refractivity contribution in [3.8, 4) is 11.1 Å². The third kappa shape index (κ3) is 2.85. The zero-order valence-electron chi connectivity index (χ0n) is 10.1. The molecule has 4 nitrogen and oxygen atoms in total. The van der Waals surface area contributed by atoms with Crippen LogP contribution in [0.5, 0.6) is 0 Å². The fraction of sp³-hybridized carbons (Fsp3) is 0.143. The minimum atomic E-state index is -0.515. The fourth-order valence-electron chi connectivity index (χ4n) is 1.79. The Kier molecular flexibility index (Phi) is 3.57. The number of pyridine rings is 1. The topological polar surface area (TPSA) is 68.0 Å². The standard InChI is InChI=1S/C14H15N3O/c1-10(17-14(15)18)11-4-6-12(7-5-11)13-3-2-8-16-9-13/h2-10H,1H3,(H3,15,17,18). The number of nitrogens with zero attached hydrogens (tertiary/aromatic N) is 1. The summed E-state index contributed by atoms with van der Waals surface area (Å²) < 4.78 is 0. The lowest BCUT2D eigenvalue weighted by Gasteiger charge is -2.12. The van der Waals surface area contributed by atoms with Gasteiger partial charge in [-0.2, -0.15) is 0 Å². The Hall–Kier alpha value is -2.36. The average Bonchev–Trinajstić information content (AvgIpc) is 2.39. The second-order valence-electron chi connectivity index (χ2n) is 4.09. The maximum Gasteiger partial charge on any atom is 0.312 e. The van der Waals surface area contributed by atoms with Gasteiger partial charge in [-0.05, 0) is 29.7 Å². The summed E-state index contributed by atoms with van der Waals surface area (Å²) in [5.74, 6) is 0. The first-order valence-electron chi connectivity index (χ1n) is 5.73. The summed E-state index contributed by atoms with van der Waals surface area (Å²) in [6.45, 7) is 1.89. The SMILES string of the molecule is CC(NC(N)=O)c1ccc(-c2cccnc2)cc1. The van der Waals surface area contributed by atoms with E-state index in [-0.39, 0.29) is 6.04 Å². The van der Waals surface area contributed by atoms with Crippen LogP contribution in [0.15, 0.2) is 48.8 Å². The first kappa shape index (κ1) is 12.1. The van der Waals surface area contributed by atoms with E-state index >= 15 is 0 Å². The van der Waals surface area contributed by atoms with Crippen LogP contribution in [0.4, 0.5) is 4.79 Å². The molecule has 3 N–H and O–H groups in total. The molecule has 0 radical (unpaired) electrons. The number of nitrogens with one attached hydrogen (secondary N) is 1. The molecule has 2 amide bonds. The predicted molar refractivity (Wildman–Crippen MR) is 70.8 cm³/mol. The van der Waals surface area contributed by atoms with Crippen LogP contribution in [-0.2, 0) is 0 Å². The molecule has 0 aliphatic heterocycles. The van der Waals surface area contributed by atoms with Gasteiger partial charge in [-0.15, -0.1) is 0 Å². The maximum absolute atomic E-state index is 10.8. The molecule has 0 aliphatic rings. The van der Waals surface area contributed by atoms with Crippen molar-refractivity contribution in [2.45, 2.75) is 13.0 Å². The number of benzene rings is 1.